The Hall–Kier alpha value is 0.743. The second-order valence-corrected chi connectivity index (χ2v) is 6.50. The summed E-state index contributed by atoms with van der Waals surface area (Å²) in [6.45, 7) is 0. The van der Waals surface area contributed by atoms with Crippen molar-refractivity contribution < 1.29 is 20.8 Å². The van der Waals surface area contributed by atoms with Gasteiger partial charge in [-0.05, 0) is 0 Å². The Bertz CT molecular complexity index is 180. The van der Waals surface area contributed by atoms with E-state index in [2.05, 4.69) is 32.3 Å². The Morgan fingerprint density at radius 1 is 1.00 bits per heavy atom. The Labute approximate surface area is 97.8 Å². The average Bonchev–Trinajstić information content (AvgIpc) is 2.85. The monoisotopic (exact) mass is 330 g/mol. The van der Waals surface area contributed by atoms with Crippen LogP contribution in [0.4, 0.5) is 0 Å². The van der Waals surface area contributed by atoms with Crippen LogP contribution >= 0.6 is 33.7 Å². The molecule has 0 N–H and O–H groups in total. The van der Waals surface area contributed by atoms with Crippen molar-refractivity contribution in [2.24, 2.45) is 0 Å². The van der Waals surface area contributed by atoms with Crippen LogP contribution in [-0.2, 0) is 20.8 Å². The van der Waals surface area contributed by atoms with Gasteiger partial charge in [0, 0.05) is 0 Å². The first-order valence-corrected chi connectivity index (χ1v) is 11.2. The maximum Gasteiger partial charge on any atom is -0.0568 e. The number of hydrogen-bond donors (Lipinski definition) is 0. The fraction of sp³-hybridized carbons (Fsp3) is 0. The van der Waals surface area contributed by atoms with Gasteiger partial charge in [0.15, 0.2) is 0 Å². The molecule has 2 rings (SSSR count). The van der Waals surface area contributed by atoms with Crippen LogP contribution in [0.5, 0.6) is 0 Å². The molecule has 4 nitrogen and oxygen atoms in total. The van der Waals surface area contributed by atoms with Crippen LogP contribution in [0.3, 0.4) is 0 Å². The Kier molecular flexibility index (Phi) is 13.5. The van der Waals surface area contributed by atoms with Crippen LogP contribution in [0.2, 0.25) is 0 Å². The minimum Gasteiger partial charge on any atom is -0.368 e. The standard InChI is InChI=1S/2C2H2N2P.2ClH.Zr/c2*1-2-5-4-3-1;;;/h2*2,5H;2*1H;/q2*-1;;;+4/p-2. The molecule has 2 heterocycles. The van der Waals surface area contributed by atoms with Crippen molar-refractivity contribution in [3.8, 4) is 0 Å². The quantitative estimate of drug-likeness (QED) is 0.693. The summed E-state index contributed by atoms with van der Waals surface area (Å²) in [5, 5.41) is 6.83. The molecule has 0 aliphatic rings. The number of hydrogen-bond acceptors (Lipinski definition) is 4. The molecule has 0 aliphatic heterocycles. The summed E-state index contributed by atoms with van der Waals surface area (Å²) in [7, 11) is 10.9. The van der Waals surface area contributed by atoms with E-state index in [1.54, 1.807) is 11.6 Å². The van der Waals surface area contributed by atoms with E-state index in [-0.39, 0.29) is 0 Å². The van der Waals surface area contributed by atoms with Gasteiger partial charge >= 0.3 is 37.9 Å². The molecule has 68 valence electrons. The second-order valence-electron chi connectivity index (χ2n) is 1.28. The van der Waals surface area contributed by atoms with Crippen molar-refractivity contribution in [3.63, 3.8) is 0 Å². The first-order valence-electron chi connectivity index (χ1n) is 2.83. The number of nitrogens with zero attached hydrogens (tertiary/aromatic N) is 4. The van der Waals surface area contributed by atoms with Gasteiger partial charge < -0.3 is 22.6 Å². The largest absolute Gasteiger partial charge is 0.368 e. The zero-order valence-corrected chi connectivity index (χ0v) is 12.2. The molecule has 9 heteroatoms. The minimum atomic E-state index is -0.826. The van der Waals surface area contributed by atoms with Crippen molar-refractivity contribution >= 4 is 33.7 Å². The maximum absolute atomic E-state index is 4.93. The van der Waals surface area contributed by atoms with Crippen molar-refractivity contribution in [2.75, 3.05) is 0 Å². The predicted octanol–water partition coefficient (Wildman–Crippen LogP) is 1.99. The molecule has 0 saturated carbocycles. The van der Waals surface area contributed by atoms with Crippen LogP contribution < -0.4 is 0 Å². The summed E-state index contributed by atoms with van der Waals surface area (Å²) >= 11 is -0.826. The summed E-state index contributed by atoms with van der Waals surface area (Å²) in [5.74, 6) is 3.61. The molecule has 2 aromatic rings. The molecule has 2 aromatic heterocycles. The summed E-state index contributed by atoms with van der Waals surface area (Å²) in [4.78, 5) is 7.14. The summed E-state index contributed by atoms with van der Waals surface area (Å²) in [6.07, 6.45) is 5.14. The second kappa shape index (κ2) is 12.7. The summed E-state index contributed by atoms with van der Waals surface area (Å²) in [6, 6.07) is 0. The Balaban J connectivity index is 0.000000174. The zero-order valence-electron chi connectivity index (χ0n) is 6.20. The molecule has 13 heavy (non-hydrogen) atoms. The minimum absolute atomic E-state index is 0.531. The summed E-state index contributed by atoms with van der Waals surface area (Å²) < 4.78 is 0. The first kappa shape index (κ1) is 13.7. The van der Waals surface area contributed by atoms with Crippen LogP contribution in [0.15, 0.2) is 11.6 Å². The molecule has 0 saturated heterocycles. The molecule has 0 radical (unpaired) electrons. The molecule has 2 unspecified atom stereocenters. The molecule has 0 bridgehead atoms. The van der Waals surface area contributed by atoms with Gasteiger partial charge in [0.1, 0.15) is 0 Å². The van der Waals surface area contributed by atoms with Gasteiger partial charge in [0.05, 0.1) is 0 Å². The fourth-order valence-corrected chi connectivity index (χ4v) is 0.866. The van der Waals surface area contributed by atoms with E-state index >= 15 is 0 Å². The molecule has 0 amide bonds. The third-order valence-electron chi connectivity index (χ3n) is 0.589. The van der Waals surface area contributed by atoms with Gasteiger partial charge in [-0.1, -0.05) is 16.7 Å². The smallest absolute Gasteiger partial charge is 0.0568 e. The van der Waals surface area contributed by atoms with E-state index < -0.39 is 20.8 Å². The zero-order chi connectivity index (χ0) is 9.78. The maximum atomic E-state index is 4.93. The molecule has 0 fully saturated rings. The van der Waals surface area contributed by atoms with E-state index in [0.29, 0.717) is 16.7 Å². The van der Waals surface area contributed by atoms with Crippen molar-refractivity contribution in [2.45, 2.75) is 0 Å². The van der Waals surface area contributed by atoms with Crippen molar-refractivity contribution in [3.05, 3.63) is 24.0 Å². The molecular weight excluding hydrogens is 328 g/mol. The van der Waals surface area contributed by atoms with Crippen molar-refractivity contribution in [1.82, 2.24) is 19.9 Å². The molecule has 0 spiro atoms. The topological polar surface area (TPSA) is 51.6 Å². The fourth-order valence-electron chi connectivity index (χ4n) is 0.289. The number of rotatable bonds is 0. The van der Waals surface area contributed by atoms with E-state index in [0.717, 1.165) is 0 Å². The third-order valence-corrected chi connectivity index (χ3v) is 1.54. The van der Waals surface area contributed by atoms with Gasteiger partial charge in [-0.3, -0.25) is 0 Å². The number of halogens is 2. The molecule has 0 aliphatic carbocycles. The summed E-state index contributed by atoms with van der Waals surface area (Å²) in [5.41, 5.74) is 0. The normalized spacial score (nSPS) is 8.15. The Morgan fingerprint density at radius 3 is 1.46 bits per heavy atom. The first-order chi connectivity index (χ1) is 6.41. The third kappa shape index (κ3) is 12.7. The van der Waals surface area contributed by atoms with Crippen LogP contribution in [0, 0.1) is 12.4 Å². The van der Waals surface area contributed by atoms with Crippen LogP contribution in [0.25, 0.3) is 0 Å². The van der Waals surface area contributed by atoms with E-state index in [1.807, 2.05) is 0 Å². The molecular formula is C4H4Cl2N4P2Zr. The van der Waals surface area contributed by atoms with Gasteiger partial charge in [-0.15, -0.1) is 0 Å². The van der Waals surface area contributed by atoms with Gasteiger partial charge in [0.2, 0.25) is 0 Å². The van der Waals surface area contributed by atoms with Crippen LogP contribution in [0.1, 0.15) is 0 Å². The number of aromatic nitrogens is 4. The van der Waals surface area contributed by atoms with Gasteiger partial charge in [0.25, 0.3) is 0 Å². The van der Waals surface area contributed by atoms with Crippen molar-refractivity contribution in [1.29, 1.82) is 0 Å². The Morgan fingerprint density at radius 2 is 1.38 bits per heavy atom. The van der Waals surface area contributed by atoms with E-state index in [4.69, 9.17) is 17.0 Å². The van der Waals surface area contributed by atoms with E-state index in [9.17, 15) is 0 Å². The van der Waals surface area contributed by atoms with Gasteiger partial charge in [-0.2, -0.15) is 21.3 Å². The van der Waals surface area contributed by atoms with Gasteiger partial charge in [-0.25, -0.2) is 0 Å². The van der Waals surface area contributed by atoms with Crippen LogP contribution in [-0.4, -0.2) is 19.9 Å². The van der Waals surface area contributed by atoms with E-state index in [1.165, 1.54) is 0 Å². The molecule has 0 aromatic carbocycles. The predicted molar refractivity (Wildman–Crippen MR) is 52.4 cm³/mol. The SMILES string of the molecule is [Cl][Zr+2][Cl].[c-]1c[pH]nn1.[c-]1c[pH]nn1. The molecule has 2 atom stereocenters. The average molecular weight is 332 g/mol.